The minimum absolute atomic E-state index is 0.0955. The van der Waals surface area contributed by atoms with Crippen LogP contribution in [0.25, 0.3) is 11.4 Å². The highest BCUT2D eigenvalue weighted by Gasteiger charge is 2.24. The van der Waals surface area contributed by atoms with E-state index in [0.29, 0.717) is 27.3 Å². The Morgan fingerprint density at radius 3 is 2.67 bits per heavy atom. The number of hydrogen-bond donors (Lipinski definition) is 0. The van der Waals surface area contributed by atoms with Crippen LogP contribution in [0.15, 0.2) is 47.0 Å². The van der Waals surface area contributed by atoms with Crippen molar-refractivity contribution in [2.75, 3.05) is 0 Å². The molecule has 1 heterocycles. The number of carbonyl (C=O) groups excluding carboxylic acids is 1. The van der Waals surface area contributed by atoms with Gasteiger partial charge in [0.25, 0.3) is 5.91 Å². The Kier molecular flexibility index (Phi) is 5.82. The largest absolute Gasteiger partial charge is 0.337 e. The predicted octanol–water partition coefficient (Wildman–Crippen LogP) is 5.40. The second-order valence-electron chi connectivity index (χ2n) is 6.53. The highest BCUT2D eigenvalue weighted by molar-refractivity contribution is 6.35. The van der Waals surface area contributed by atoms with Gasteiger partial charge in [0.2, 0.25) is 11.7 Å². The standard InChI is InChI=1S/C20H19Cl2N3O2/c1-12(2)25(20(26)16-10-15(21)7-8-17(16)22)11-18-23-19(24-27-18)14-6-4-5-13(3)9-14/h4-10,12H,11H2,1-3H3. The summed E-state index contributed by atoms with van der Waals surface area (Å²) in [6, 6.07) is 12.6. The zero-order chi connectivity index (χ0) is 19.6. The van der Waals surface area contributed by atoms with Crippen LogP contribution in [0.3, 0.4) is 0 Å². The van der Waals surface area contributed by atoms with Crippen molar-refractivity contribution in [3.8, 4) is 11.4 Å². The number of amides is 1. The molecule has 3 aromatic rings. The van der Waals surface area contributed by atoms with E-state index >= 15 is 0 Å². The molecular formula is C20H19Cl2N3O2. The number of hydrogen-bond acceptors (Lipinski definition) is 4. The van der Waals surface area contributed by atoms with E-state index in [1.807, 2.05) is 45.0 Å². The number of benzene rings is 2. The van der Waals surface area contributed by atoms with Gasteiger partial charge in [-0.3, -0.25) is 4.79 Å². The van der Waals surface area contributed by atoms with Crippen LogP contribution in [-0.4, -0.2) is 27.0 Å². The summed E-state index contributed by atoms with van der Waals surface area (Å²) in [5, 5.41) is 4.83. The number of nitrogens with zero attached hydrogens (tertiary/aromatic N) is 3. The summed E-state index contributed by atoms with van der Waals surface area (Å²) < 4.78 is 5.37. The van der Waals surface area contributed by atoms with Gasteiger partial charge in [0.05, 0.1) is 10.6 Å². The molecule has 0 saturated heterocycles. The molecule has 0 spiro atoms. The fourth-order valence-corrected chi connectivity index (χ4v) is 3.04. The molecule has 0 unspecified atom stereocenters. The van der Waals surface area contributed by atoms with Crippen molar-refractivity contribution >= 4 is 29.1 Å². The molecule has 0 saturated carbocycles. The van der Waals surface area contributed by atoms with Crippen molar-refractivity contribution in [3.05, 3.63) is 69.5 Å². The molecule has 27 heavy (non-hydrogen) atoms. The molecule has 0 radical (unpaired) electrons. The minimum Gasteiger partial charge on any atom is -0.337 e. The van der Waals surface area contributed by atoms with Gasteiger partial charge in [-0.05, 0) is 45.0 Å². The first kappa shape index (κ1) is 19.4. The van der Waals surface area contributed by atoms with Gasteiger partial charge < -0.3 is 9.42 Å². The molecule has 1 amide bonds. The third kappa shape index (κ3) is 4.49. The first-order valence-electron chi connectivity index (χ1n) is 8.51. The molecule has 140 valence electrons. The molecule has 0 aliphatic rings. The molecule has 0 atom stereocenters. The number of rotatable bonds is 5. The zero-order valence-electron chi connectivity index (χ0n) is 15.2. The predicted molar refractivity (Wildman–Crippen MR) is 106 cm³/mol. The molecule has 0 bridgehead atoms. The van der Waals surface area contributed by atoms with Crippen LogP contribution in [0.5, 0.6) is 0 Å². The van der Waals surface area contributed by atoms with Crippen molar-refractivity contribution in [1.82, 2.24) is 15.0 Å². The van der Waals surface area contributed by atoms with E-state index in [4.69, 9.17) is 27.7 Å². The van der Waals surface area contributed by atoms with Crippen LogP contribution < -0.4 is 0 Å². The lowest BCUT2D eigenvalue weighted by Crippen LogP contribution is -2.36. The Morgan fingerprint density at radius 1 is 1.19 bits per heavy atom. The van der Waals surface area contributed by atoms with Crippen LogP contribution in [0.2, 0.25) is 10.0 Å². The summed E-state index contributed by atoms with van der Waals surface area (Å²) in [5.41, 5.74) is 2.31. The highest BCUT2D eigenvalue weighted by Crippen LogP contribution is 2.24. The Hall–Kier alpha value is -2.37. The van der Waals surface area contributed by atoms with Gasteiger partial charge in [-0.2, -0.15) is 4.98 Å². The van der Waals surface area contributed by atoms with Crippen LogP contribution in [0, 0.1) is 6.92 Å². The van der Waals surface area contributed by atoms with E-state index in [2.05, 4.69) is 10.1 Å². The Morgan fingerprint density at radius 2 is 1.96 bits per heavy atom. The van der Waals surface area contributed by atoms with E-state index in [-0.39, 0.29) is 18.5 Å². The Balaban J connectivity index is 1.85. The lowest BCUT2D eigenvalue weighted by atomic mass is 10.1. The first-order chi connectivity index (χ1) is 12.8. The third-order valence-electron chi connectivity index (χ3n) is 4.09. The van der Waals surface area contributed by atoms with Gasteiger partial charge in [0, 0.05) is 16.6 Å². The molecule has 0 aliphatic carbocycles. The van der Waals surface area contributed by atoms with Gasteiger partial charge in [0.15, 0.2) is 0 Å². The smallest absolute Gasteiger partial charge is 0.256 e. The molecule has 0 aliphatic heterocycles. The Labute approximate surface area is 167 Å². The summed E-state index contributed by atoms with van der Waals surface area (Å²) in [7, 11) is 0. The van der Waals surface area contributed by atoms with Crippen molar-refractivity contribution in [3.63, 3.8) is 0 Å². The summed E-state index contributed by atoms with van der Waals surface area (Å²) in [5.74, 6) is 0.602. The van der Waals surface area contributed by atoms with E-state index < -0.39 is 0 Å². The summed E-state index contributed by atoms with van der Waals surface area (Å²) in [6.45, 7) is 6.00. The normalized spacial score (nSPS) is 11.0. The van der Waals surface area contributed by atoms with Gasteiger partial charge >= 0.3 is 0 Å². The molecule has 0 N–H and O–H groups in total. The first-order valence-corrected chi connectivity index (χ1v) is 9.26. The maximum absolute atomic E-state index is 13.0. The SMILES string of the molecule is Cc1cccc(-c2noc(CN(C(=O)c3cc(Cl)ccc3Cl)C(C)C)n2)c1. The zero-order valence-corrected chi connectivity index (χ0v) is 16.8. The molecular weight excluding hydrogens is 385 g/mol. The molecule has 0 fully saturated rings. The maximum Gasteiger partial charge on any atom is 0.256 e. The van der Waals surface area contributed by atoms with E-state index in [0.717, 1.165) is 11.1 Å². The van der Waals surface area contributed by atoms with E-state index in [1.165, 1.54) is 0 Å². The average molecular weight is 404 g/mol. The van der Waals surface area contributed by atoms with Crippen LogP contribution in [0.1, 0.15) is 35.7 Å². The second kappa shape index (κ2) is 8.11. The molecule has 5 nitrogen and oxygen atoms in total. The molecule has 7 heteroatoms. The average Bonchev–Trinajstić information content (AvgIpc) is 3.10. The van der Waals surface area contributed by atoms with E-state index in [1.54, 1.807) is 23.1 Å². The quantitative estimate of drug-likeness (QED) is 0.571. The lowest BCUT2D eigenvalue weighted by Gasteiger charge is -2.25. The minimum atomic E-state index is -0.243. The topological polar surface area (TPSA) is 59.2 Å². The summed E-state index contributed by atoms with van der Waals surface area (Å²) >= 11 is 12.2. The third-order valence-corrected chi connectivity index (χ3v) is 4.66. The van der Waals surface area contributed by atoms with Gasteiger partial charge in [-0.25, -0.2) is 0 Å². The molecule has 3 rings (SSSR count). The van der Waals surface area contributed by atoms with Crippen LogP contribution in [0.4, 0.5) is 0 Å². The maximum atomic E-state index is 13.0. The Bertz CT molecular complexity index is 969. The monoisotopic (exact) mass is 403 g/mol. The molecule has 2 aromatic carbocycles. The van der Waals surface area contributed by atoms with Crippen molar-refractivity contribution in [2.24, 2.45) is 0 Å². The highest BCUT2D eigenvalue weighted by atomic mass is 35.5. The fourth-order valence-electron chi connectivity index (χ4n) is 2.67. The van der Waals surface area contributed by atoms with Gasteiger partial charge in [-0.15, -0.1) is 0 Å². The molecule has 1 aromatic heterocycles. The fraction of sp³-hybridized carbons (Fsp3) is 0.250. The van der Waals surface area contributed by atoms with Crippen molar-refractivity contribution < 1.29 is 9.32 Å². The second-order valence-corrected chi connectivity index (χ2v) is 7.38. The van der Waals surface area contributed by atoms with Gasteiger partial charge in [-0.1, -0.05) is 52.1 Å². The van der Waals surface area contributed by atoms with Crippen LogP contribution >= 0.6 is 23.2 Å². The number of halogens is 2. The lowest BCUT2D eigenvalue weighted by molar-refractivity contribution is 0.0667. The number of aryl methyl sites for hydroxylation is 1. The number of aromatic nitrogens is 2. The van der Waals surface area contributed by atoms with Crippen LogP contribution in [-0.2, 0) is 6.54 Å². The van der Waals surface area contributed by atoms with Gasteiger partial charge in [0.1, 0.15) is 6.54 Å². The summed E-state index contributed by atoms with van der Waals surface area (Å²) in [6.07, 6.45) is 0. The van der Waals surface area contributed by atoms with Crippen molar-refractivity contribution in [1.29, 1.82) is 0 Å². The summed E-state index contributed by atoms with van der Waals surface area (Å²) in [4.78, 5) is 19.0. The number of carbonyl (C=O) groups is 1. The van der Waals surface area contributed by atoms with Crippen molar-refractivity contribution in [2.45, 2.75) is 33.4 Å². The van der Waals surface area contributed by atoms with E-state index in [9.17, 15) is 4.79 Å².